The van der Waals surface area contributed by atoms with Crippen LogP contribution in [0.4, 0.5) is 0 Å². The first kappa shape index (κ1) is 14.9. The molecule has 0 saturated heterocycles. The van der Waals surface area contributed by atoms with Crippen molar-refractivity contribution < 1.29 is 18.9 Å². The molecule has 0 aliphatic carbocycles. The average molecular weight is 265 g/mol. The standard InChI is InChI=1S/C18H14Si.Li/c1-4-10-16(11-5-1)19(17-12-6-2-7-13-17)18-14-8-3-9-15-18;/h1-14H;/q-1;+1. The number of benzene rings is 3. The average Bonchev–Trinajstić information content (AvgIpc) is 2.51. The Bertz CT molecular complexity index is 529. The van der Waals surface area contributed by atoms with Gasteiger partial charge in [0, 0.05) is 0 Å². The number of hydrogen-bond acceptors (Lipinski definition) is 0. The minimum atomic E-state index is -0.933. The Morgan fingerprint density at radius 1 is 0.600 bits per heavy atom. The zero-order valence-electron chi connectivity index (χ0n) is 11.6. The third-order valence-corrected chi connectivity index (χ3v) is 5.77. The molecule has 3 aromatic carbocycles. The fourth-order valence-electron chi connectivity index (χ4n) is 2.24. The van der Waals surface area contributed by atoms with E-state index < -0.39 is 8.80 Å². The summed E-state index contributed by atoms with van der Waals surface area (Å²) in [5, 5.41) is 4.12. The van der Waals surface area contributed by atoms with Gasteiger partial charge in [-0.3, -0.25) is 0 Å². The van der Waals surface area contributed by atoms with Crippen LogP contribution in [0.2, 0.25) is 0 Å². The van der Waals surface area contributed by atoms with Crippen LogP contribution in [0.5, 0.6) is 0 Å². The summed E-state index contributed by atoms with van der Waals surface area (Å²) >= 11 is 0. The van der Waals surface area contributed by atoms with Crippen LogP contribution in [-0.2, 0) is 0 Å². The van der Waals surface area contributed by atoms with Crippen LogP contribution >= 0.6 is 0 Å². The topological polar surface area (TPSA) is 0 Å². The van der Waals surface area contributed by atoms with Crippen LogP contribution in [0.3, 0.4) is 0 Å². The van der Waals surface area contributed by atoms with Gasteiger partial charge in [0.15, 0.2) is 0 Å². The first-order chi connectivity index (χ1) is 9.45. The zero-order chi connectivity index (χ0) is 12.9. The molecule has 1 radical (unpaired) electrons. The molecule has 91 valence electrons. The van der Waals surface area contributed by atoms with Gasteiger partial charge in [-0.1, -0.05) is 71.0 Å². The van der Waals surface area contributed by atoms with Gasteiger partial charge in [0.25, 0.3) is 0 Å². The van der Waals surface area contributed by atoms with Gasteiger partial charge in [-0.2, -0.15) is 35.5 Å². The maximum Gasteiger partial charge on any atom is 1.00 e. The maximum absolute atomic E-state index is 3.41. The molecule has 0 bridgehead atoms. The molecule has 0 aliphatic rings. The Balaban J connectivity index is 0.00000147. The molecule has 0 aromatic heterocycles. The molecule has 0 saturated carbocycles. The molecular weight excluding hydrogens is 251 g/mol. The Morgan fingerprint density at radius 2 is 1.10 bits per heavy atom. The monoisotopic (exact) mass is 265 g/mol. The molecular formula is C18H14LiSi. The summed E-state index contributed by atoms with van der Waals surface area (Å²) in [5.74, 6) is 0. The molecule has 0 aliphatic heterocycles. The van der Waals surface area contributed by atoms with Crippen molar-refractivity contribution in [1.29, 1.82) is 0 Å². The number of hydrogen-bond donors (Lipinski definition) is 0. The van der Waals surface area contributed by atoms with E-state index in [0.29, 0.717) is 0 Å². The molecule has 0 nitrogen and oxygen atoms in total. The van der Waals surface area contributed by atoms with Gasteiger partial charge < -0.3 is 0 Å². The zero-order valence-corrected chi connectivity index (χ0v) is 12.6. The minimum absolute atomic E-state index is 0. The molecule has 3 aromatic rings. The normalized spacial score (nSPS) is 10.1. The van der Waals surface area contributed by atoms with Gasteiger partial charge in [-0.05, 0) is 0 Å². The van der Waals surface area contributed by atoms with Crippen LogP contribution in [0.25, 0.3) is 0 Å². The van der Waals surface area contributed by atoms with Gasteiger partial charge in [0.05, 0.1) is 0 Å². The Kier molecular flexibility index (Phi) is 5.44. The van der Waals surface area contributed by atoms with E-state index in [2.05, 4.69) is 78.9 Å². The molecule has 0 heterocycles. The van der Waals surface area contributed by atoms with E-state index in [4.69, 9.17) is 0 Å². The van der Waals surface area contributed by atoms with E-state index in [1.165, 1.54) is 15.6 Å². The van der Waals surface area contributed by atoms with Crippen molar-refractivity contribution in [2.24, 2.45) is 0 Å². The van der Waals surface area contributed by atoms with Gasteiger partial charge >= 0.3 is 18.9 Å². The second-order valence-electron chi connectivity index (χ2n) is 4.38. The molecule has 2 heteroatoms. The first-order valence-corrected chi connectivity index (χ1v) is 7.90. The third kappa shape index (κ3) is 3.32. The van der Waals surface area contributed by atoms with E-state index in [1.54, 1.807) is 0 Å². The van der Waals surface area contributed by atoms with Crippen molar-refractivity contribution >= 4 is 24.4 Å². The van der Waals surface area contributed by atoms with E-state index in [9.17, 15) is 0 Å². The van der Waals surface area contributed by atoms with Crippen molar-refractivity contribution in [2.75, 3.05) is 0 Å². The fourth-order valence-corrected chi connectivity index (χ4v) is 4.73. The summed E-state index contributed by atoms with van der Waals surface area (Å²) < 4.78 is 0. The Morgan fingerprint density at radius 3 is 1.55 bits per heavy atom. The van der Waals surface area contributed by atoms with E-state index in [1.807, 2.05) is 12.1 Å². The summed E-state index contributed by atoms with van der Waals surface area (Å²) in [6.07, 6.45) is 0. The van der Waals surface area contributed by atoms with Crippen molar-refractivity contribution in [3.8, 4) is 0 Å². The molecule has 20 heavy (non-hydrogen) atoms. The summed E-state index contributed by atoms with van der Waals surface area (Å²) in [6, 6.07) is 33.2. The van der Waals surface area contributed by atoms with E-state index >= 15 is 0 Å². The molecule has 0 fully saturated rings. The third-order valence-electron chi connectivity index (χ3n) is 3.10. The number of rotatable bonds is 3. The Hall–Kier alpha value is -1.53. The van der Waals surface area contributed by atoms with Crippen LogP contribution < -0.4 is 34.4 Å². The second kappa shape index (κ2) is 7.31. The van der Waals surface area contributed by atoms with Crippen molar-refractivity contribution in [2.45, 2.75) is 0 Å². The van der Waals surface area contributed by atoms with E-state index in [-0.39, 0.29) is 18.9 Å². The maximum atomic E-state index is 3.41. The molecule has 0 amide bonds. The fraction of sp³-hybridized carbons (Fsp3) is 0. The van der Waals surface area contributed by atoms with Crippen LogP contribution in [0, 0.1) is 6.07 Å². The smallest absolute Gasteiger partial charge is 0.184 e. The Labute approximate surface area is 134 Å². The minimum Gasteiger partial charge on any atom is -0.184 e. The quantitative estimate of drug-likeness (QED) is 0.324. The largest absolute Gasteiger partial charge is 1.00 e. The molecule has 0 spiro atoms. The summed E-state index contributed by atoms with van der Waals surface area (Å²) in [6.45, 7) is 0. The summed E-state index contributed by atoms with van der Waals surface area (Å²) in [5.41, 5.74) is 0. The molecule has 3 rings (SSSR count). The van der Waals surface area contributed by atoms with E-state index in [0.717, 1.165) is 0 Å². The summed E-state index contributed by atoms with van der Waals surface area (Å²) in [7, 11) is -0.933. The van der Waals surface area contributed by atoms with Crippen LogP contribution in [0.1, 0.15) is 0 Å². The predicted octanol–water partition coefficient (Wildman–Crippen LogP) is -0.993. The van der Waals surface area contributed by atoms with Gasteiger partial charge in [0.1, 0.15) is 8.80 Å². The first-order valence-electron chi connectivity index (χ1n) is 6.40. The molecule has 0 atom stereocenters. The summed E-state index contributed by atoms with van der Waals surface area (Å²) in [4.78, 5) is 0. The van der Waals surface area contributed by atoms with Crippen molar-refractivity contribution in [3.05, 3.63) is 91.0 Å². The molecule has 0 N–H and O–H groups in total. The van der Waals surface area contributed by atoms with Crippen LogP contribution in [-0.4, -0.2) is 8.80 Å². The second-order valence-corrected chi connectivity index (χ2v) is 6.83. The van der Waals surface area contributed by atoms with Gasteiger partial charge in [-0.15, -0.1) is 0 Å². The predicted molar refractivity (Wildman–Crippen MR) is 82.8 cm³/mol. The van der Waals surface area contributed by atoms with Crippen molar-refractivity contribution in [1.82, 2.24) is 0 Å². The molecule has 0 unspecified atom stereocenters. The van der Waals surface area contributed by atoms with Crippen molar-refractivity contribution in [3.63, 3.8) is 0 Å². The van der Waals surface area contributed by atoms with Gasteiger partial charge in [0.2, 0.25) is 0 Å². The SMILES string of the molecule is [Li+].[c-]1ccccc1[Si](c1ccccc1)c1ccccc1. The van der Waals surface area contributed by atoms with Gasteiger partial charge in [-0.25, -0.2) is 0 Å². The van der Waals surface area contributed by atoms with Crippen LogP contribution in [0.15, 0.2) is 84.9 Å².